The highest BCUT2D eigenvalue weighted by Crippen LogP contribution is 2.47. The van der Waals surface area contributed by atoms with Crippen LogP contribution in [0, 0.1) is 0 Å². The third-order valence-corrected chi connectivity index (χ3v) is 10.7. The predicted molar refractivity (Wildman–Crippen MR) is 218 cm³/mol. The summed E-state index contributed by atoms with van der Waals surface area (Å²) in [7, 11) is 0. The number of fused-ring (bicyclic) bond motifs is 8. The number of para-hydroxylation sites is 3. The third kappa shape index (κ3) is 4.38. The van der Waals surface area contributed by atoms with Gasteiger partial charge in [0.2, 0.25) is 0 Å². The summed E-state index contributed by atoms with van der Waals surface area (Å²) in [6.45, 7) is 0. The monoisotopic (exact) mass is 662 g/mol. The molecule has 9 aromatic carbocycles. The van der Waals surface area contributed by atoms with E-state index in [0.717, 1.165) is 60.6 Å². The Morgan fingerprint density at radius 2 is 0.750 bits per heavy atom. The Balaban J connectivity index is 1.21. The molecule has 0 N–H and O–H groups in total. The van der Waals surface area contributed by atoms with Crippen LogP contribution in [0.3, 0.4) is 0 Å². The molecule has 52 heavy (non-hydrogen) atoms. The smallest absolute Gasteiger partial charge is 0.143 e. The summed E-state index contributed by atoms with van der Waals surface area (Å²) in [6, 6.07) is 65.1. The highest BCUT2D eigenvalue weighted by atomic mass is 16.3. The normalized spacial score (nSPS) is 11.8. The molecule has 11 aromatic rings. The second-order valence-electron chi connectivity index (χ2n) is 13.6. The molecule has 0 atom stereocenters. The largest absolute Gasteiger partial charge is 0.456 e. The van der Waals surface area contributed by atoms with Crippen molar-refractivity contribution in [2.45, 2.75) is 0 Å². The number of hydrogen-bond acceptors (Lipinski definition) is 2. The lowest BCUT2D eigenvalue weighted by Crippen LogP contribution is -1.92. The summed E-state index contributed by atoms with van der Waals surface area (Å²) in [5.74, 6) is 0. The maximum Gasteiger partial charge on any atom is 0.143 e. The Hall–Kier alpha value is -6.90. The summed E-state index contributed by atoms with van der Waals surface area (Å²) in [5.41, 5.74) is 12.9. The Kier molecular flexibility index (Phi) is 6.28. The lowest BCUT2D eigenvalue weighted by Gasteiger charge is -2.19. The van der Waals surface area contributed by atoms with E-state index in [2.05, 4.69) is 158 Å². The van der Waals surface area contributed by atoms with Crippen molar-refractivity contribution in [2.24, 2.45) is 0 Å². The molecule has 2 nitrogen and oxygen atoms in total. The quantitative estimate of drug-likeness (QED) is 0.175. The molecule has 0 amide bonds. The molecule has 0 fully saturated rings. The molecule has 0 saturated heterocycles. The average molecular weight is 663 g/mol. The van der Waals surface area contributed by atoms with Crippen molar-refractivity contribution in [2.75, 3.05) is 0 Å². The molecule has 0 bridgehead atoms. The second-order valence-corrected chi connectivity index (χ2v) is 13.6. The molecule has 0 aliphatic heterocycles. The Bertz CT molecular complexity index is 3160. The van der Waals surface area contributed by atoms with E-state index >= 15 is 0 Å². The molecule has 2 aromatic heterocycles. The zero-order valence-electron chi connectivity index (χ0n) is 28.1. The van der Waals surface area contributed by atoms with Crippen molar-refractivity contribution in [1.29, 1.82) is 0 Å². The summed E-state index contributed by atoms with van der Waals surface area (Å²) in [6.07, 6.45) is 0. The van der Waals surface area contributed by atoms with Crippen LogP contribution in [0.4, 0.5) is 0 Å². The van der Waals surface area contributed by atoms with Crippen LogP contribution in [0.25, 0.3) is 110 Å². The summed E-state index contributed by atoms with van der Waals surface area (Å²) in [4.78, 5) is 0. The molecule has 0 unspecified atom stereocenters. The maximum atomic E-state index is 6.54. The molecule has 242 valence electrons. The van der Waals surface area contributed by atoms with E-state index < -0.39 is 0 Å². The number of rotatable bonds is 4. The molecule has 0 aliphatic carbocycles. The van der Waals surface area contributed by atoms with Gasteiger partial charge < -0.3 is 8.83 Å². The van der Waals surface area contributed by atoms with E-state index in [4.69, 9.17) is 8.83 Å². The van der Waals surface area contributed by atoms with Crippen molar-refractivity contribution in [3.63, 3.8) is 0 Å². The zero-order valence-corrected chi connectivity index (χ0v) is 28.1. The third-order valence-electron chi connectivity index (χ3n) is 10.7. The van der Waals surface area contributed by atoms with Crippen LogP contribution in [-0.4, -0.2) is 0 Å². The molecule has 11 rings (SSSR count). The van der Waals surface area contributed by atoms with E-state index in [1.165, 1.54) is 49.4 Å². The van der Waals surface area contributed by atoms with Crippen LogP contribution >= 0.6 is 0 Å². The van der Waals surface area contributed by atoms with Gasteiger partial charge in [0.1, 0.15) is 22.3 Å². The van der Waals surface area contributed by atoms with Crippen LogP contribution in [0.2, 0.25) is 0 Å². The van der Waals surface area contributed by atoms with Crippen LogP contribution in [0.15, 0.2) is 191 Å². The highest BCUT2D eigenvalue weighted by molar-refractivity contribution is 6.23. The van der Waals surface area contributed by atoms with Gasteiger partial charge in [-0.1, -0.05) is 152 Å². The molecule has 0 radical (unpaired) electrons. The number of furan rings is 2. The number of hydrogen-bond donors (Lipinski definition) is 0. The predicted octanol–water partition coefficient (Wildman–Crippen LogP) is 14.5. The summed E-state index contributed by atoms with van der Waals surface area (Å²) < 4.78 is 13.0. The van der Waals surface area contributed by atoms with E-state index in [0.29, 0.717) is 0 Å². The maximum absolute atomic E-state index is 6.54. The Morgan fingerprint density at radius 1 is 0.250 bits per heavy atom. The van der Waals surface area contributed by atoms with Gasteiger partial charge in [-0.05, 0) is 90.8 Å². The fraction of sp³-hybridized carbons (Fsp3) is 0. The molecule has 0 spiro atoms. The van der Waals surface area contributed by atoms with Gasteiger partial charge in [0.25, 0.3) is 0 Å². The van der Waals surface area contributed by atoms with E-state index in [9.17, 15) is 0 Å². The minimum Gasteiger partial charge on any atom is -0.456 e. The Labute approximate surface area is 299 Å². The standard InChI is InChI=1S/C50H30O2/c1-2-11-31(12-3-1)32-21-23-33(24-22-32)48-40-15-4-5-16-41(40)49(35-26-27-39-37-13-6-8-19-45(37)51-47(39)30-35)44-29-34(25-28-42(44)48)36-17-10-18-43-38-14-7-9-20-46(38)52-50(36)43/h1-30H. The molecule has 0 aliphatic rings. The molecule has 2 heteroatoms. The fourth-order valence-electron chi connectivity index (χ4n) is 8.28. The van der Waals surface area contributed by atoms with Crippen LogP contribution in [0.5, 0.6) is 0 Å². The van der Waals surface area contributed by atoms with Crippen molar-refractivity contribution in [3.05, 3.63) is 182 Å². The molecule has 2 heterocycles. The summed E-state index contributed by atoms with van der Waals surface area (Å²) in [5, 5.41) is 9.32. The van der Waals surface area contributed by atoms with Gasteiger partial charge in [-0.25, -0.2) is 0 Å². The van der Waals surface area contributed by atoms with Gasteiger partial charge in [0, 0.05) is 27.1 Å². The lowest BCUT2D eigenvalue weighted by molar-refractivity contribution is 0.669. The van der Waals surface area contributed by atoms with Gasteiger partial charge >= 0.3 is 0 Å². The zero-order chi connectivity index (χ0) is 34.2. The minimum absolute atomic E-state index is 0.889. The van der Waals surface area contributed by atoms with E-state index in [-0.39, 0.29) is 0 Å². The van der Waals surface area contributed by atoms with Gasteiger partial charge in [-0.3, -0.25) is 0 Å². The number of benzene rings is 9. The van der Waals surface area contributed by atoms with Gasteiger partial charge in [-0.15, -0.1) is 0 Å². The molecule has 0 saturated carbocycles. The second kappa shape index (κ2) is 11.3. The first-order valence-corrected chi connectivity index (χ1v) is 17.8. The summed E-state index contributed by atoms with van der Waals surface area (Å²) >= 11 is 0. The van der Waals surface area contributed by atoms with Crippen molar-refractivity contribution in [3.8, 4) is 44.5 Å². The van der Waals surface area contributed by atoms with Gasteiger partial charge in [0.15, 0.2) is 0 Å². The average Bonchev–Trinajstić information content (AvgIpc) is 3.78. The fourth-order valence-corrected chi connectivity index (χ4v) is 8.28. The molecular formula is C50H30O2. The van der Waals surface area contributed by atoms with Gasteiger partial charge in [-0.2, -0.15) is 0 Å². The van der Waals surface area contributed by atoms with Crippen LogP contribution < -0.4 is 0 Å². The van der Waals surface area contributed by atoms with Crippen molar-refractivity contribution >= 4 is 65.4 Å². The van der Waals surface area contributed by atoms with Crippen molar-refractivity contribution < 1.29 is 8.83 Å². The lowest BCUT2D eigenvalue weighted by atomic mass is 9.84. The first-order chi connectivity index (χ1) is 25.8. The van der Waals surface area contributed by atoms with E-state index in [1.807, 2.05) is 24.3 Å². The Morgan fingerprint density at radius 3 is 1.52 bits per heavy atom. The highest BCUT2D eigenvalue weighted by Gasteiger charge is 2.20. The minimum atomic E-state index is 0.889. The van der Waals surface area contributed by atoms with Crippen LogP contribution in [-0.2, 0) is 0 Å². The van der Waals surface area contributed by atoms with Gasteiger partial charge in [0.05, 0.1) is 0 Å². The molecular weight excluding hydrogens is 633 g/mol. The van der Waals surface area contributed by atoms with Crippen LogP contribution in [0.1, 0.15) is 0 Å². The van der Waals surface area contributed by atoms with Crippen molar-refractivity contribution in [1.82, 2.24) is 0 Å². The first kappa shape index (κ1) is 28.9. The topological polar surface area (TPSA) is 26.3 Å². The first-order valence-electron chi connectivity index (χ1n) is 17.8. The SMILES string of the molecule is c1ccc(-c2ccc(-c3c4ccccc4c(-c4ccc5c(c4)oc4ccccc45)c4cc(-c5cccc6c5oc5ccccc56)ccc34)cc2)cc1. The van der Waals surface area contributed by atoms with E-state index in [1.54, 1.807) is 0 Å².